The standard InChI is InChI=1S/C13H29N3/c1-15-11-7-13(8-12-15)16(2)10-6-4-3-5-9-14/h13H,3-12,14H2,1-2H3. The Morgan fingerprint density at radius 3 is 2.38 bits per heavy atom. The summed E-state index contributed by atoms with van der Waals surface area (Å²) >= 11 is 0. The first-order valence-electron chi connectivity index (χ1n) is 6.83. The fourth-order valence-electron chi connectivity index (χ4n) is 2.48. The zero-order chi connectivity index (χ0) is 11.8. The van der Waals surface area contributed by atoms with E-state index in [1.165, 1.54) is 58.2 Å². The molecular weight excluding hydrogens is 198 g/mol. The van der Waals surface area contributed by atoms with Crippen LogP contribution in [-0.4, -0.2) is 56.1 Å². The summed E-state index contributed by atoms with van der Waals surface area (Å²) in [6.45, 7) is 4.65. The van der Waals surface area contributed by atoms with Gasteiger partial charge in [-0.25, -0.2) is 0 Å². The summed E-state index contributed by atoms with van der Waals surface area (Å²) in [7, 11) is 4.52. The lowest BCUT2D eigenvalue weighted by Crippen LogP contribution is -2.42. The van der Waals surface area contributed by atoms with Crippen molar-refractivity contribution in [2.75, 3.05) is 40.3 Å². The van der Waals surface area contributed by atoms with E-state index in [2.05, 4.69) is 23.9 Å². The number of unbranched alkanes of at least 4 members (excludes halogenated alkanes) is 3. The summed E-state index contributed by atoms with van der Waals surface area (Å²) in [5.74, 6) is 0. The van der Waals surface area contributed by atoms with Crippen molar-refractivity contribution >= 4 is 0 Å². The molecule has 0 aromatic rings. The van der Waals surface area contributed by atoms with Gasteiger partial charge in [-0.1, -0.05) is 12.8 Å². The smallest absolute Gasteiger partial charge is 0.0117 e. The van der Waals surface area contributed by atoms with E-state index in [1.807, 2.05) is 0 Å². The third-order valence-electron chi connectivity index (χ3n) is 3.78. The normalized spacial score (nSPS) is 19.5. The molecule has 0 unspecified atom stereocenters. The first kappa shape index (κ1) is 13.9. The molecule has 0 aromatic heterocycles. The van der Waals surface area contributed by atoms with Crippen molar-refractivity contribution in [1.82, 2.24) is 9.80 Å². The van der Waals surface area contributed by atoms with Crippen LogP contribution in [0.2, 0.25) is 0 Å². The third-order valence-corrected chi connectivity index (χ3v) is 3.78. The van der Waals surface area contributed by atoms with Gasteiger partial charge in [0.15, 0.2) is 0 Å². The zero-order valence-corrected chi connectivity index (χ0v) is 11.1. The molecule has 0 atom stereocenters. The number of nitrogens with zero attached hydrogens (tertiary/aromatic N) is 2. The van der Waals surface area contributed by atoms with Gasteiger partial charge in [0.1, 0.15) is 0 Å². The molecule has 1 aliphatic heterocycles. The van der Waals surface area contributed by atoms with Gasteiger partial charge < -0.3 is 15.5 Å². The summed E-state index contributed by atoms with van der Waals surface area (Å²) in [5, 5.41) is 0. The van der Waals surface area contributed by atoms with E-state index in [-0.39, 0.29) is 0 Å². The highest BCUT2D eigenvalue weighted by atomic mass is 15.2. The second-order valence-corrected chi connectivity index (χ2v) is 5.22. The van der Waals surface area contributed by atoms with E-state index < -0.39 is 0 Å². The molecule has 0 aliphatic carbocycles. The Morgan fingerprint density at radius 2 is 1.75 bits per heavy atom. The Labute approximate surface area is 101 Å². The SMILES string of the molecule is CN1CCC(N(C)CCCCCCN)CC1. The van der Waals surface area contributed by atoms with Crippen LogP contribution in [0.15, 0.2) is 0 Å². The summed E-state index contributed by atoms with van der Waals surface area (Å²) in [5.41, 5.74) is 5.49. The van der Waals surface area contributed by atoms with Gasteiger partial charge in [-0.05, 0) is 66.0 Å². The molecule has 0 radical (unpaired) electrons. The van der Waals surface area contributed by atoms with E-state index >= 15 is 0 Å². The molecule has 0 spiro atoms. The number of hydrogen-bond donors (Lipinski definition) is 1. The van der Waals surface area contributed by atoms with Crippen LogP contribution in [0.3, 0.4) is 0 Å². The van der Waals surface area contributed by atoms with Crippen molar-refractivity contribution in [3.05, 3.63) is 0 Å². The largest absolute Gasteiger partial charge is 0.330 e. The average Bonchev–Trinajstić information content (AvgIpc) is 2.29. The molecule has 96 valence electrons. The molecule has 0 saturated carbocycles. The molecule has 1 saturated heterocycles. The second-order valence-electron chi connectivity index (χ2n) is 5.22. The third kappa shape index (κ3) is 5.28. The van der Waals surface area contributed by atoms with Crippen LogP contribution >= 0.6 is 0 Å². The van der Waals surface area contributed by atoms with E-state index in [0.29, 0.717) is 0 Å². The van der Waals surface area contributed by atoms with Gasteiger partial charge in [0.05, 0.1) is 0 Å². The van der Waals surface area contributed by atoms with Crippen LogP contribution < -0.4 is 5.73 Å². The molecule has 1 rings (SSSR count). The van der Waals surface area contributed by atoms with Gasteiger partial charge in [0.25, 0.3) is 0 Å². The van der Waals surface area contributed by atoms with Crippen LogP contribution in [0.1, 0.15) is 38.5 Å². The maximum atomic E-state index is 5.49. The number of nitrogens with two attached hydrogens (primary N) is 1. The number of piperidine rings is 1. The molecule has 16 heavy (non-hydrogen) atoms. The Balaban J connectivity index is 2.03. The quantitative estimate of drug-likeness (QED) is 0.670. The van der Waals surface area contributed by atoms with E-state index in [1.54, 1.807) is 0 Å². The predicted octanol–water partition coefficient (Wildman–Crippen LogP) is 1.53. The van der Waals surface area contributed by atoms with Crippen LogP contribution in [0, 0.1) is 0 Å². The average molecular weight is 227 g/mol. The number of hydrogen-bond acceptors (Lipinski definition) is 3. The molecule has 3 nitrogen and oxygen atoms in total. The zero-order valence-electron chi connectivity index (χ0n) is 11.1. The van der Waals surface area contributed by atoms with Gasteiger partial charge in [-0.3, -0.25) is 0 Å². The molecule has 2 N–H and O–H groups in total. The molecule has 0 amide bonds. The second kappa shape index (κ2) is 8.04. The predicted molar refractivity (Wildman–Crippen MR) is 70.7 cm³/mol. The lowest BCUT2D eigenvalue weighted by atomic mass is 10.0. The summed E-state index contributed by atoms with van der Waals surface area (Å²) < 4.78 is 0. The summed E-state index contributed by atoms with van der Waals surface area (Å²) in [6.07, 6.45) is 7.86. The minimum absolute atomic E-state index is 0.825. The molecule has 3 heteroatoms. The van der Waals surface area contributed by atoms with Gasteiger partial charge in [0, 0.05) is 6.04 Å². The highest BCUT2D eigenvalue weighted by Gasteiger charge is 2.19. The number of rotatable bonds is 7. The van der Waals surface area contributed by atoms with Crippen LogP contribution in [0.4, 0.5) is 0 Å². The van der Waals surface area contributed by atoms with Gasteiger partial charge in [-0.2, -0.15) is 0 Å². The van der Waals surface area contributed by atoms with Crippen LogP contribution in [-0.2, 0) is 0 Å². The first-order valence-corrected chi connectivity index (χ1v) is 6.83. The Morgan fingerprint density at radius 1 is 1.12 bits per heavy atom. The monoisotopic (exact) mass is 227 g/mol. The maximum absolute atomic E-state index is 5.49. The van der Waals surface area contributed by atoms with Crippen molar-refractivity contribution in [2.45, 2.75) is 44.6 Å². The lowest BCUT2D eigenvalue weighted by molar-refractivity contribution is 0.142. The summed E-state index contributed by atoms with van der Waals surface area (Å²) in [6, 6.07) is 0.825. The molecule has 1 fully saturated rings. The fourth-order valence-corrected chi connectivity index (χ4v) is 2.48. The van der Waals surface area contributed by atoms with Gasteiger partial charge in [-0.15, -0.1) is 0 Å². The van der Waals surface area contributed by atoms with Crippen molar-refractivity contribution < 1.29 is 0 Å². The Hall–Kier alpha value is -0.120. The highest BCUT2D eigenvalue weighted by molar-refractivity contribution is 4.76. The topological polar surface area (TPSA) is 32.5 Å². The molecular formula is C13H29N3. The van der Waals surface area contributed by atoms with E-state index in [0.717, 1.165) is 12.6 Å². The van der Waals surface area contributed by atoms with E-state index in [4.69, 9.17) is 5.73 Å². The van der Waals surface area contributed by atoms with Crippen molar-refractivity contribution in [2.24, 2.45) is 5.73 Å². The Kier molecular flexibility index (Phi) is 7.01. The minimum Gasteiger partial charge on any atom is -0.330 e. The molecule has 0 aromatic carbocycles. The highest BCUT2D eigenvalue weighted by Crippen LogP contribution is 2.14. The lowest BCUT2D eigenvalue weighted by Gasteiger charge is -2.35. The van der Waals surface area contributed by atoms with Crippen LogP contribution in [0.25, 0.3) is 0 Å². The Bertz CT molecular complexity index is 165. The first-order chi connectivity index (χ1) is 7.74. The molecule has 0 bridgehead atoms. The van der Waals surface area contributed by atoms with E-state index in [9.17, 15) is 0 Å². The number of likely N-dealkylation sites (tertiary alicyclic amines) is 1. The minimum atomic E-state index is 0.825. The van der Waals surface area contributed by atoms with Gasteiger partial charge in [0.2, 0.25) is 0 Å². The van der Waals surface area contributed by atoms with Crippen molar-refractivity contribution in [1.29, 1.82) is 0 Å². The fraction of sp³-hybridized carbons (Fsp3) is 1.00. The molecule has 1 aliphatic rings. The summed E-state index contributed by atoms with van der Waals surface area (Å²) in [4.78, 5) is 5.00. The maximum Gasteiger partial charge on any atom is 0.0117 e. The van der Waals surface area contributed by atoms with Gasteiger partial charge >= 0.3 is 0 Å². The molecule has 1 heterocycles. The van der Waals surface area contributed by atoms with Crippen molar-refractivity contribution in [3.63, 3.8) is 0 Å². The van der Waals surface area contributed by atoms with Crippen LogP contribution in [0.5, 0.6) is 0 Å². The van der Waals surface area contributed by atoms with Crippen molar-refractivity contribution in [3.8, 4) is 0 Å².